The van der Waals surface area contributed by atoms with Crippen LogP contribution >= 0.6 is 0 Å². The van der Waals surface area contributed by atoms with Crippen LogP contribution in [0.1, 0.15) is 62.9 Å². The number of ether oxygens (including phenoxy) is 1. The van der Waals surface area contributed by atoms with Crippen LogP contribution in [0.5, 0.6) is 0 Å². The fourth-order valence-electron chi connectivity index (χ4n) is 3.51. The Hall–Kier alpha value is -2.90. The number of hydrogen-bond acceptors (Lipinski definition) is 5. The van der Waals surface area contributed by atoms with E-state index in [4.69, 9.17) is 4.74 Å². The van der Waals surface area contributed by atoms with Gasteiger partial charge in [0.1, 0.15) is 5.60 Å². The lowest BCUT2D eigenvalue weighted by molar-refractivity contribution is -0.125. The van der Waals surface area contributed by atoms with Crippen LogP contribution in [0.2, 0.25) is 0 Å². The number of hydrazine groups is 1. The average Bonchev–Trinajstić information content (AvgIpc) is 3.44. The van der Waals surface area contributed by atoms with Gasteiger partial charge in [-0.2, -0.15) is 0 Å². The third kappa shape index (κ3) is 5.58. The summed E-state index contributed by atoms with van der Waals surface area (Å²) in [5.74, 6) is -0.859. The minimum absolute atomic E-state index is 0.155. The highest BCUT2D eigenvalue weighted by atomic mass is 16.6. The summed E-state index contributed by atoms with van der Waals surface area (Å²) in [4.78, 5) is 48.5. The molecule has 0 radical (unpaired) electrons. The lowest BCUT2D eigenvalue weighted by atomic mass is 9.97. The topological polar surface area (TPSA) is 105 Å². The average molecular weight is 415 g/mol. The third-order valence-corrected chi connectivity index (χ3v) is 5.29. The van der Waals surface area contributed by atoms with Crippen molar-refractivity contribution >= 4 is 23.8 Å². The van der Waals surface area contributed by atoms with Crippen molar-refractivity contribution in [1.82, 2.24) is 15.8 Å². The van der Waals surface area contributed by atoms with E-state index >= 15 is 0 Å². The summed E-state index contributed by atoms with van der Waals surface area (Å²) in [6, 6.07) is 6.75. The molecule has 2 atom stereocenters. The molecule has 0 aromatic heterocycles. The van der Waals surface area contributed by atoms with Crippen molar-refractivity contribution in [1.29, 1.82) is 0 Å². The van der Waals surface area contributed by atoms with Crippen molar-refractivity contribution in [2.45, 2.75) is 65.0 Å². The van der Waals surface area contributed by atoms with Crippen LogP contribution in [0.15, 0.2) is 24.3 Å². The Morgan fingerprint density at radius 2 is 1.83 bits per heavy atom. The fraction of sp³-hybridized carbons (Fsp3) is 0.545. The van der Waals surface area contributed by atoms with Crippen molar-refractivity contribution in [3.63, 3.8) is 0 Å². The second kappa shape index (κ2) is 8.45. The van der Waals surface area contributed by atoms with Gasteiger partial charge in [0.25, 0.3) is 5.91 Å². The fourth-order valence-corrected chi connectivity index (χ4v) is 3.51. The molecule has 2 aliphatic rings. The molecule has 1 aliphatic heterocycles. The van der Waals surface area contributed by atoms with E-state index in [1.165, 1.54) is 5.01 Å². The predicted molar refractivity (Wildman–Crippen MR) is 109 cm³/mol. The molecule has 162 valence electrons. The molecule has 3 rings (SSSR count). The van der Waals surface area contributed by atoms with Gasteiger partial charge in [0.05, 0.1) is 12.0 Å². The molecule has 2 N–H and O–H groups in total. The normalized spacial score (nSPS) is 19.8. The number of hydrogen-bond donors (Lipinski definition) is 2. The van der Waals surface area contributed by atoms with Crippen LogP contribution in [0.3, 0.4) is 0 Å². The van der Waals surface area contributed by atoms with Crippen LogP contribution in [-0.2, 0) is 20.7 Å². The molecule has 1 aliphatic carbocycles. The van der Waals surface area contributed by atoms with Gasteiger partial charge in [0.15, 0.2) is 0 Å². The summed E-state index contributed by atoms with van der Waals surface area (Å²) < 4.78 is 5.31. The molecule has 1 aromatic carbocycles. The number of carbonyl (C=O) groups excluding carboxylic acids is 4. The second-order valence-electron chi connectivity index (χ2n) is 9.08. The van der Waals surface area contributed by atoms with Crippen molar-refractivity contribution in [2.24, 2.45) is 11.8 Å². The largest absolute Gasteiger partial charge is 0.443 e. The predicted octanol–water partition coefficient (Wildman–Crippen LogP) is 2.57. The van der Waals surface area contributed by atoms with Gasteiger partial charge in [0.2, 0.25) is 11.8 Å². The zero-order valence-corrected chi connectivity index (χ0v) is 17.9. The van der Waals surface area contributed by atoms with Gasteiger partial charge in [-0.3, -0.25) is 19.7 Å². The molecule has 1 aromatic rings. The van der Waals surface area contributed by atoms with Crippen LogP contribution in [0, 0.1) is 11.8 Å². The first-order valence-electron chi connectivity index (χ1n) is 10.3. The van der Waals surface area contributed by atoms with Crippen LogP contribution in [0.25, 0.3) is 0 Å². The van der Waals surface area contributed by atoms with E-state index in [0.717, 1.165) is 18.4 Å². The number of amides is 4. The molecule has 30 heavy (non-hydrogen) atoms. The third-order valence-electron chi connectivity index (χ3n) is 5.29. The SMILES string of the molecule is C[C@H](C1CC1)N(NC(=O)OC(C)(C)C)C(=O)c1ccc(C[C@H]2CC(=O)NC2=O)cc1. The number of nitrogens with one attached hydrogen (secondary N) is 2. The van der Waals surface area contributed by atoms with E-state index in [2.05, 4.69) is 10.7 Å². The number of imide groups is 1. The summed E-state index contributed by atoms with van der Waals surface area (Å²) in [5.41, 5.74) is 3.23. The van der Waals surface area contributed by atoms with Crippen molar-refractivity contribution in [3.05, 3.63) is 35.4 Å². The molecular weight excluding hydrogens is 386 g/mol. The van der Waals surface area contributed by atoms with Crippen molar-refractivity contribution in [3.8, 4) is 0 Å². The van der Waals surface area contributed by atoms with Crippen LogP contribution in [-0.4, -0.2) is 40.5 Å². The molecule has 0 unspecified atom stereocenters. The lowest BCUT2D eigenvalue weighted by Gasteiger charge is -2.31. The van der Waals surface area contributed by atoms with Gasteiger partial charge in [-0.15, -0.1) is 0 Å². The van der Waals surface area contributed by atoms with Crippen LogP contribution in [0.4, 0.5) is 4.79 Å². The maximum absolute atomic E-state index is 13.1. The second-order valence-corrected chi connectivity index (χ2v) is 9.08. The highest BCUT2D eigenvalue weighted by Gasteiger charge is 2.36. The maximum atomic E-state index is 13.1. The van der Waals surface area contributed by atoms with Crippen LogP contribution < -0.4 is 10.7 Å². The van der Waals surface area contributed by atoms with Gasteiger partial charge >= 0.3 is 6.09 Å². The van der Waals surface area contributed by atoms with E-state index < -0.39 is 11.7 Å². The molecule has 1 saturated carbocycles. The molecule has 4 amide bonds. The van der Waals surface area contributed by atoms with E-state index in [1.807, 2.05) is 6.92 Å². The summed E-state index contributed by atoms with van der Waals surface area (Å²) in [7, 11) is 0. The minimum Gasteiger partial charge on any atom is -0.443 e. The van der Waals surface area contributed by atoms with Crippen molar-refractivity contribution < 1.29 is 23.9 Å². The Morgan fingerprint density at radius 1 is 1.20 bits per heavy atom. The first kappa shape index (κ1) is 21.8. The van der Waals surface area contributed by atoms with Gasteiger partial charge in [-0.05, 0) is 70.6 Å². The van der Waals surface area contributed by atoms with E-state index in [-0.39, 0.29) is 36.1 Å². The highest BCUT2D eigenvalue weighted by Crippen LogP contribution is 2.35. The Balaban J connectivity index is 1.69. The van der Waals surface area contributed by atoms with E-state index in [9.17, 15) is 19.2 Å². The zero-order chi connectivity index (χ0) is 22.1. The summed E-state index contributed by atoms with van der Waals surface area (Å²) in [6.07, 6.45) is 1.98. The standard InChI is InChI=1S/C22H29N3O5/c1-13(15-9-10-15)25(24-21(29)30-22(2,3)4)20(28)16-7-5-14(6-8-16)11-17-12-18(26)23-19(17)27/h5-8,13,15,17H,9-12H2,1-4H3,(H,24,29)(H,23,26,27)/t13-,17+/m1/s1. The van der Waals surface area contributed by atoms with Gasteiger partial charge < -0.3 is 4.74 Å². The zero-order valence-electron chi connectivity index (χ0n) is 17.9. The first-order valence-corrected chi connectivity index (χ1v) is 10.3. The smallest absolute Gasteiger partial charge is 0.426 e. The molecule has 8 nitrogen and oxygen atoms in total. The van der Waals surface area contributed by atoms with Crippen molar-refractivity contribution in [2.75, 3.05) is 0 Å². The quantitative estimate of drug-likeness (QED) is 0.568. The van der Waals surface area contributed by atoms with Gasteiger partial charge in [0, 0.05) is 12.0 Å². The number of nitrogens with zero attached hydrogens (tertiary/aromatic N) is 1. The molecule has 8 heteroatoms. The summed E-state index contributed by atoms with van der Waals surface area (Å²) in [5, 5.41) is 3.66. The minimum atomic E-state index is -0.670. The number of carbonyl (C=O) groups is 4. The lowest BCUT2D eigenvalue weighted by Crippen LogP contribution is -2.52. The molecular formula is C22H29N3O5. The van der Waals surface area contributed by atoms with E-state index in [1.54, 1.807) is 45.0 Å². The molecule has 0 bridgehead atoms. The van der Waals surface area contributed by atoms with Gasteiger partial charge in [-0.25, -0.2) is 15.2 Å². The van der Waals surface area contributed by atoms with E-state index in [0.29, 0.717) is 17.9 Å². The monoisotopic (exact) mass is 415 g/mol. The summed E-state index contributed by atoms with van der Waals surface area (Å²) in [6.45, 7) is 7.21. The number of rotatable bonds is 5. The Bertz CT molecular complexity index is 839. The molecule has 0 spiro atoms. The molecule has 2 fully saturated rings. The maximum Gasteiger partial charge on any atom is 0.426 e. The van der Waals surface area contributed by atoms with Gasteiger partial charge in [-0.1, -0.05) is 12.1 Å². The Morgan fingerprint density at radius 3 is 2.33 bits per heavy atom. The molecule has 1 saturated heterocycles. The Labute approximate surface area is 176 Å². The first-order chi connectivity index (χ1) is 14.0. The number of benzene rings is 1. The molecule has 1 heterocycles. The summed E-state index contributed by atoms with van der Waals surface area (Å²) >= 11 is 0. The highest BCUT2D eigenvalue weighted by molar-refractivity contribution is 6.03. The Kier molecular flexibility index (Phi) is 6.14.